The molecule has 1 aromatic carbocycles. The van der Waals surface area contributed by atoms with Gasteiger partial charge >= 0.3 is 0 Å². The first kappa shape index (κ1) is 18.6. The summed E-state index contributed by atoms with van der Waals surface area (Å²) in [5.74, 6) is -0.153. The Bertz CT molecular complexity index is 739. The van der Waals surface area contributed by atoms with E-state index >= 15 is 0 Å². The minimum absolute atomic E-state index is 0.0218. The number of nitrogens with zero attached hydrogens (tertiary/aromatic N) is 2. The van der Waals surface area contributed by atoms with E-state index in [4.69, 9.17) is 0 Å². The lowest BCUT2D eigenvalue weighted by atomic mass is 9.93. The molecule has 1 aromatic heterocycles. The van der Waals surface area contributed by atoms with E-state index in [-0.39, 0.29) is 24.4 Å². The van der Waals surface area contributed by atoms with Gasteiger partial charge in [0.05, 0.1) is 12.1 Å². The molecule has 0 radical (unpaired) electrons. The number of aromatic nitrogens is 1. The minimum atomic E-state index is -0.175. The van der Waals surface area contributed by atoms with E-state index in [1.54, 1.807) is 4.90 Å². The number of amides is 2. The third kappa shape index (κ3) is 5.14. The first-order valence-electron chi connectivity index (χ1n) is 9.17. The van der Waals surface area contributed by atoms with Crippen LogP contribution < -0.4 is 5.32 Å². The Balaban J connectivity index is 1.67. The van der Waals surface area contributed by atoms with Crippen molar-refractivity contribution in [2.24, 2.45) is 0 Å². The van der Waals surface area contributed by atoms with Crippen molar-refractivity contribution in [2.75, 3.05) is 11.9 Å². The third-order valence-corrected chi connectivity index (χ3v) is 5.59. The number of hydrogen-bond acceptors (Lipinski definition) is 4. The molecule has 1 aliphatic carbocycles. The Morgan fingerprint density at radius 2 is 1.92 bits per heavy atom. The molecule has 1 saturated carbocycles. The Morgan fingerprint density at radius 1 is 1.19 bits per heavy atom. The molecule has 0 atom stereocenters. The second-order valence-electron chi connectivity index (χ2n) is 6.82. The van der Waals surface area contributed by atoms with Crippen molar-refractivity contribution in [3.8, 4) is 0 Å². The van der Waals surface area contributed by atoms with Crippen LogP contribution >= 0.6 is 11.3 Å². The molecule has 3 rings (SSSR count). The largest absolute Gasteiger partial charge is 0.330 e. The molecule has 6 heteroatoms. The summed E-state index contributed by atoms with van der Waals surface area (Å²) in [6.45, 7) is 1.98. The molecule has 0 bridgehead atoms. The number of aryl methyl sites for hydroxylation is 1. The van der Waals surface area contributed by atoms with E-state index in [9.17, 15) is 9.59 Å². The lowest BCUT2D eigenvalue weighted by molar-refractivity contribution is -0.137. The third-order valence-electron chi connectivity index (χ3n) is 4.71. The standard InChI is InChI=1S/C20H25N3O2S/c1-15-14-26-20(21-15)22-18(24)13-23(17-10-6-3-7-11-17)19(25)12-16-8-4-2-5-9-16/h2,4-5,8-9,14,17H,3,6-7,10-13H2,1H3,(H,21,22,24). The zero-order valence-corrected chi connectivity index (χ0v) is 15.9. The summed E-state index contributed by atoms with van der Waals surface area (Å²) in [6.07, 6.45) is 5.73. The average molecular weight is 372 g/mol. The quantitative estimate of drug-likeness (QED) is 0.840. The summed E-state index contributed by atoms with van der Waals surface area (Å²) in [5.41, 5.74) is 1.86. The van der Waals surface area contributed by atoms with E-state index < -0.39 is 0 Å². The van der Waals surface area contributed by atoms with E-state index in [0.717, 1.165) is 36.9 Å². The number of anilines is 1. The van der Waals surface area contributed by atoms with Crippen LogP contribution in [0.4, 0.5) is 5.13 Å². The van der Waals surface area contributed by atoms with Gasteiger partial charge in [0.25, 0.3) is 0 Å². The number of carbonyl (C=O) groups is 2. The molecular weight excluding hydrogens is 346 g/mol. The lowest BCUT2D eigenvalue weighted by Crippen LogP contribution is -2.46. The van der Waals surface area contributed by atoms with Gasteiger partial charge in [0.2, 0.25) is 11.8 Å². The van der Waals surface area contributed by atoms with Gasteiger partial charge in [-0.15, -0.1) is 11.3 Å². The summed E-state index contributed by atoms with van der Waals surface area (Å²) in [7, 11) is 0. The average Bonchev–Trinajstić information content (AvgIpc) is 3.06. The molecule has 26 heavy (non-hydrogen) atoms. The van der Waals surface area contributed by atoms with E-state index in [0.29, 0.717) is 11.6 Å². The highest BCUT2D eigenvalue weighted by atomic mass is 32.1. The van der Waals surface area contributed by atoms with Crippen LogP contribution in [0.3, 0.4) is 0 Å². The van der Waals surface area contributed by atoms with Crippen molar-refractivity contribution in [1.29, 1.82) is 0 Å². The molecule has 0 saturated heterocycles. The SMILES string of the molecule is Cc1csc(NC(=O)CN(C(=O)Cc2ccccc2)C2CCCCC2)n1. The van der Waals surface area contributed by atoms with Crippen LogP contribution in [0.15, 0.2) is 35.7 Å². The van der Waals surface area contributed by atoms with Crippen LogP contribution in [0.1, 0.15) is 43.4 Å². The van der Waals surface area contributed by atoms with Gasteiger partial charge in [-0.25, -0.2) is 4.98 Å². The monoisotopic (exact) mass is 371 g/mol. The van der Waals surface area contributed by atoms with Gasteiger partial charge in [-0.05, 0) is 25.3 Å². The smallest absolute Gasteiger partial charge is 0.245 e. The van der Waals surface area contributed by atoms with Crippen LogP contribution in [0.25, 0.3) is 0 Å². The molecule has 2 amide bonds. The fourth-order valence-corrected chi connectivity index (χ4v) is 4.11. The number of rotatable bonds is 6. The Morgan fingerprint density at radius 3 is 2.58 bits per heavy atom. The molecule has 0 spiro atoms. The molecule has 138 valence electrons. The van der Waals surface area contributed by atoms with E-state index in [1.165, 1.54) is 17.8 Å². The summed E-state index contributed by atoms with van der Waals surface area (Å²) in [4.78, 5) is 31.5. The first-order chi connectivity index (χ1) is 12.6. The lowest BCUT2D eigenvalue weighted by Gasteiger charge is -2.34. The second kappa shape index (κ2) is 8.94. The highest BCUT2D eigenvalue weighted by molar-refractivity contribution is 7.13. The van der Waals surface area contributed by atoms with Gasteiger partial charge in [-0.3, -0.25) is 9.59 Å². The highest BCUT2D eigenvalue weighted by Gasteiger charge is 2.27. The summed E-state index contributed by atoms with van der Waals surface area (Å²) >= 11 is 1.41. The van der Waals surface area contributed by atoms with Crippen molar-refractivity contribution in [3.05, 3.63) is 47.0 Å². The van der Waals surface area contributed by atoms with Crippen molar-refractivity contribution < 1.29 is 9.59 Å². The molecular formula is C20H25N3O2S. The van der Waals surface area contributed by atoms with Crippen LogP contribution in [-0.4, -0.2) is 34.3 Å². The molecule has 5 nitrogen and oxygen atoms in total. The number of hydrogen-bond donors (Lipinski definition) is 1. The van der Waals surface area contributed by atoms with E-state index in [2.05, 4.69) is 10.3 Å². The highest BCUT2D eigenvalue weighted by Crippen LogP contribution is 2.23. The fourth-order valence-electron chi connectivity index (χ4n) is 3.41. The van der Waals surface area contributed by atoms with Crippen LogP contribution in [0, 0.1) is 6.92 Å². The van der Waals surface area contributed by atoms with Gasteiger partial charge in [0, 0.05) is 11.4 Å². The number of carbonyl (C=O) groups excluding carboxylic acids is 2. The number of thiazole rings is 1. The minimum Gasteiger partial charge on any atom is -0.330 e. The van der Waals surface area contributed by atoms with Crippen molar-refractivity contribution in [2.45, 2.75) is 51.5 Å². The van der Waals surface area contributed by atoms with Crippen molar-refractivity contribution >= 4 is 28.3 Å². The predicted molar refractivity (Wildman–Crippen MR) is 104 cm³/mol. The molecule has 2 aromatic rings. The van der Waals surface area contributed by atoms with Crippen LogP contribution in [-0.2, 0) is 16.0 Å². The molecule has 0 aliphatic heterocycles. The Kier molecular flexibility index (Phi) is 6.39. The summed E-state index contributed by atoms with van der Waals surface area (Å²) in [6, 6.07) is 9.88. The van der Waals surface area contributed by atoms with Crippen LogP contribution in [0.2, 0.25) is 0 Å². The normalized spacial score (nSPS) is 14.8. The maximum Gasteiger partial charge on any atom is 0.245 e. The predicted octanol–water partition coefficient (Wildman–Crippen LogP) is 3.79. The Labute approximate surface area is 158 Å². The molecule has 1 heterocycles. The first-order valence-corrected chi connectivity index (χ1v) is 10.0. The van der Waals surface area contributed by atoms with Gasteiger partial charge < -0.3 is 10.2 Å². The second-order valence-corrected chi connectivity index (χ2v) is 7.68. The van der Waals surface area contributed by atoms with Crippen molar-refractivity contribution in [3.63, 3.8) is 0 Å². The van der Waals surface area contributed by atoms with Crippen molar-refractivity contribution in [1.82, 2.24) is 9.88 Å². The maximum atomic E-state index is 12.9. The van der Waals surface area contributed by atoms with Gasteiger partial charge in [0.1, 0.15) is 6.54 Å². The number of nitrogens with one attached hydrogen (secondary N) is 1. The number of benzene rings is 1. The molecule has 1 N–H and O–H groups in total. The topological polar surface area (TPSA) is 62.3 Å². The Hall–Kier alpha value is -2.21. The zero-order chi connectivity index (χ0) is 18.4. The molecule has 1 aliphatic rings. The summed E-state index contributed by atoms with van der Waals surface area (Å²) in [5, 5.41) is 5.31. The molecule has 1 fully saturated rings. The van der Waals surface area contributed by atoms with Crippen LogP contribution in [0.5, 0.6) is 0 Å². The van der Waals surface area contributed by atoms with Gasteiger partial charge in [-0.2, -0.15) is 0 Å². The van der Waals surface area contributed by atoms with E-state index in [1.807, 2.05) is 42.6 Å². The fraction of sp³-hybridized carbons (Fsp3) is 0.450. The molecule has 0 unspecified atom stereocenters. The summed E-state index contributed by atoms with van der Waals surface area (Å²) < 4.78 is 0. The maximum absolute atomic E-state index is 12.9. The van der Waals surface area contributed by atoms with Gasteiger partial charge in [0.15, 0.2) is 5.13 Å². The van der Waals surface area contributed by atoms with Gasteiger partial charge in [-0.1, -0.05) is 49.6 Å². The zero-order valence-electron chi connectivity index (χ0n) is 15.1.